The van der Waals surface area contributed by atoms with Crippen LogP contribution in [0.15, 0.2) is 39.8 Å². The standard InChI is InChI=1S/C25H37N5O2.HI/c1-4-19(5-2)23-16-22(32-29-23)17-28-25(26-6-3)27-14-9-12-24(31)30-15-13-20-10-7-8-11-21(20)18-30;/h7-8,10-11,16,19H,4-6,9,12-15,17-18H2,1-3H3,(H2,26,27,28);1H. The normalized spacial score (nSPS) is 13.5. The minimum absolute atomic E-state index is 0. The zero-order valence-electron chi connectivity index (χ0n) is 20.1. The van der Waals surface area contributed by atoms with Gasteiger partial charge in [0.1, 0.15) is 6.54 Å². The van der Waals surface area contributed by atoms with Crippen molar-refractivity contribution in [2.75, 3.05) is 19.6 Å². The van der Waals surface area contributed by atoms with E-state index in [9.17, 15) is 4.79 Å². The van der Waals surface area contributed by atoms with Crippen LogP contribution in [0.4, 0.5) is 0 Å². The monoisotopic (exact) mass is 567 g/mol. The van der Waals surface area contributed by atoms with Gasteiger partial charge in [-0.1, -0.05) is 43.3 Å². The molecular formula is C25H38IN5O2. The molecule has 2 aromatic rings. The molecule has 1 aromatic carbocycles. The van der Waals surface area contributed by atoms with Gasteiger partial charge in [0, 0.05) is 44.6 Å². The maximum Gasteiger partial charge on any atom is 0.222 e. The number of guanidine groups is 1. The van der Waals surface area contributed by atoms with E-state index in [1.807, 2.05) is 24.0 Å². The molecule has 2 N–H and O–H groups in total. The summed E-state index contributed by atoms with van der Waals surface area (Å²) in [6.07, 6.45) is 4.35. The zero-order chi connectivity index (χ0) is 22.8. The predicted molar refractivity (Wildman–Crippen MR) is 143 cm³/mol. The number of fused-ring (bicyclic) bond motifs is 1. The quantitative estimate of drug-likeness (QED) is 0.190. The molecule has 0 unspecified atom stereocenters. The summed E-state index contributed by atoms with van der Waals surface area (Å²) in [7, 11) is 0. The second-order valence-electron chi connectivity index (χ2n) is 8.29. The van der Waals surface area contributed by atoms with Gasteiger partial charge in [-0.15, -0.1) is 24.0 Å². The van der Waals surface area contributed by atoms with Crippen LogP contribution in [0, 0.1) is 0 Å². The summed E-state index contributed by atoms with van der Waals surface area (Å²) in [6, 6.07) is 10.4. The summed E-state index contributed by atoms with van der Waals surface area (Å²) >= 11 is 0. The first kappa shape index (κ1) is 27.1. The summed E-state index contributed by atoms with van der Waals surface area (Å²) in [5.74, 6) is 2.16. The number of carbonyl (C=O) groups excluding carboxylic acids is 1. The molecular weight excluding hydrogens is 529 g/mol. The lowest BCUT2D eigenvalue weighted by Gasteiger charge is -2.29. The largest absolute Gasteiger partial charge is 0.359 e. The highest BCUT2D eigenvalue weighted by Gasteiger charge is 2.19. The number of hydrogen-bond donors (Lipinski definition) is 2. The fourth-order valence-electron chi connectivity index (χ4n) is 4.11. The molecule has 2 heterocycles. The molecule has 182 valence electrons. The van der Waals surface area contributed by atoms with E-state index < -0.39 is 0 Å². The SMILES string of the molecule is CCNC(=NCc1cc(C(CC)CC)no1)NCCCC(=O)N1CCc2ccccc2C1.I. The second kappa shape index (κ2) is 14.2. The molecule has 0 spiro atoms. The van der Waals surface area contributed by atoms with Gasteiger partial charge in [-0.3, -0.25) is 4.79 Å². The Morgan fingerprint density at radius 2 is 1.94 bits per heavy atom. The fraction of sp³-hybridized carbons (Fsp3) is 0.560. The Bertz CT molecular complexity index is 894. The Morgan fingerprint density at radius 3 is 2.67 bits per heavy atom. The number of nitrogens with one attached hydrogen (secondary N) is 2. The molecule has 0 fully saturated rings. The fourth-order valence-corrected chi connectivity index (χ4v) is 4.11. The van der Waals surface area contributed by atoms with Gasteiger partial charge in [-0.05, 0) is 43.7 Å². The molecule has 33 heavy (non-hydrogen) atoms. The highest BCUT2D eigenvalue weighted by Crippen LogP contribution is 2.22. The number of aromatic nitrogens is 1. The average molecular weight is 568 g/mol. The van der Waals surface area contributed by atoms with Crippen molar-refractivity contribution in [2.45, 2.75) is 71.9 Å². The van der Waals surface area contributed by atoms with E-state index in [0.717, 1.165) is 62.7 Å². The molecule has 1 aromatic heterocycles. The first-order valence-electron chi connectivity index (χ1n) is 12.0. The topological polar surface area (TPSA) is 82.8 Å². The Labute approximate surface area is 214 Å². The van der Waals surface area contributed by atoms with Crippen molar-refractivity contribution < 1.29 is 9.32 Å². The van der Waals surface area contributed by atoms with Crippen molar-refractivity contribution in [1.29, 1.82) is 0 Å². The van der Waals surface area contributed by atoms with Crippen molar-refractivity contribution >= 4 is 35.8 Å². The number of carbonyl (C=O) groups is 1. The van der Waals surface area contributed by atoms with Crippen LogP contribution in [0.1, 0.15) is 75.0 Å². The van der Waals surface area contributed by atoms with Crippen LogP contribution < -0.4 is 10.6 Å². The molecule has 0 radical (unpaired) electrons. The van der Waals surface area contributed by atoms with Crippen LogP contribution >= 0.6 is 24.0 Å². The summed E-state index contributed by atoms with van der Waals surface area (Å²) in [5.41, 5.74) is 3.65. The Hall–Kier alpha value is -2.10. The van der Waals surface area contributed by atoms with Crippen molar-refractivity contribution in [1.82, 2.24) is 20.7 Å². The summed E-state index contributed by atoms with van der Waals surface area (Å²) in [5, 5.41) is 10.8. The minimum Gasteiger partial charge on any atom is -0.359 e. The Balaban J connectivity index is 0.00000385. The van der Waals surface area contributed by atoms with Crippen LogP contribution in [0.5, 0.6) is 0 Å². The van der Waals surface area contributed by atoms with Gasteiger partial charge in [0.15, 0.2) is 11.7 Å². The highest BCUT2D eigenvalue weighted by molar-refractivity contribution is 14.0. The second-order valence-corrected chi connectivity index (χ2v) is 8.29. The molecule has 0 bridgehead atoms. The third kappa shape index (κ3) is 8.01. The molecule has 1 aliphatic heterocycles. The van der Waals surface area contributed by atoms with Crippen LogP contribution in [-0.2, 0) is 24.3 Å². The average Bonchev–Trinajstić information content (AvgIpc) is 3.29. The van der Waals surface area contributed by atoms with Crippen LogP contribution in [0.2, 0.25) is 0 Å². The lowest BCUT2D eigenvalue weighted by molar-refractivity contribution is -0.132. The van der Waals surface area contributed by atoms with E-state index in [1.165, 1.54) is 11.1 Å². The maximum absolute atomic E-state index is 12.6. The summed E-state index contributed by atoms with van der Waals surface area (Å²) in [4.78, 5) is 19.2. The van der Waals surface area contributed by atoms with Gasteiger partial charge in [0.25, 0.3) is 0 Å². The van der Waals surface area contributed by atoms with Gasteiger partial charge >= 0.3 is 0 Å². The molecule has 8 heteroatoms. The number of nitrogens with zero attached hydrogens (tertiary/aromatic N) is 3. The summed E-state index contributed by atoms with van der Waals surface area (Å²) in [6.45, 7) is 9.81. The number of aliphatic imine (C=N–C) groups is 1. The first-order chi connectivity index (χ1) is 15.6. The molecule has 0 aliphatic carbocycles. The molecule has 0 atom stereocenters. The van der Waals surface area contributed by atoms with Crippen molar-refractivity contribution in [3.8, 4) is 0 Å². The van der Waals surface area contributed by atoms with Crippen molar-refractivity contribution in [3.63, 3.8) is 0 Å². The number of hydrogen-bond acceptors (Lipinski definition) is 4. The first-order valence-corrected chi connectivity index (χ1v) is 12.0. The van der Waals surface area contributed by atoms with E-state index in [-0.39, 0.29) is 29.9 Å². The predicted octanol–water partition coefficient (Wildman–Crippen LogP) is 4.62. The molecule has 7 nitrogen and oxygen atoms in total. The molecule has 0 saturated heterocycles. The number of amides is 1. The number of benzene rings is 1. The van der Waals surface area contributed by atoms with Gasteiger partial charge in [-0.25, -0.2) is 4.99 Å². The highest BCUT2D eigenvalue weighted by atomic mass is 127. The van der Waals surface area contributed by atoms with Crippen molar-refractivity contribution in [2.24, 2.45) is 4.99 Å². The summed E-state index contributed by atoms with van der Waals surface area (Å²) < 4.78 is 5.46. The molecule has 3 rings (SSSR count). The van der Waals surface area contributed by atoms with Gasteiger partial charge < -0.3 is 20.1 Å². The number of halogens is 1. The van der Waals surface area contributed by atoms with Crippen molar-refractivity contribution in [3.05, 3.63) is 52.9 Å². The van der Waals surface area contributed by atoms with E-state index in [1.54, 1.807) is 0 Å². The molecule has 1 amide bonds. The van der Waals surface area contributed by atoms with E-state index in [2.05, 4.69) is 52.8 Å². The van der Waals surface area contributed by atoms with Crippen LogP contribution in [0.3, 0.4) is 0 Å². The van der Waals surface area contributed by atoms with E-state index >= 15 is 0 Å². The lowest BCUT2D eigenvalue weighted by Crippen LogP contribution is -2.39. The van der Waals surface area contributed by atoms with Gasteiger partial charge in [-0.2, -0.15) is 0 Å². The van der Waals surface area contributed by atoms with E-state index in [0.29, 0.717) is 25.4 Å². The smallest absolute Gasteiger partial charge is 0.222 e. The van der Waals surface area contributed by atoms with Crippen LogP contribution in [-0.4, -0.2) is 41.6 Å². The third-order valence-corrected chi connectivity index (χ3v) is 6.06. The molecule has 1 aliphatic rings. The van der Waals surface area contributed by atoms with Gasteiger partial charge in [0.05, 0.1) is 5.69 Å². The van der Waals surface area contributed by atoms with Crippen LogP contribution in [0.25, 0.3) is 0 Å². The molecule has 0 saturated carbocycles. The Kier molecular flexibility index (Phi) is 11.7. The minimum atomic E-state index is 0. The van der Waals surface area contributed by atoms with E-state index in [4.69, 9.17) is 4.52 Å². The maximum atomic E-state index is 12.6. The third-order valence-electron chi connectivity index (χ3n) is 6.06. The van der Waals surface area contributed by atoms with Gasteiger partial charge in [0.2, 0.25) is 5.91 Å². The number of rotatable bonds is 10. The lowest BCUT2D eigenvalue weighted by atomic mass is 9.99. The zero-order valence-corrected chi connectivity index (χ0v) is 22.4. The Morgan fingerprint density at radius 1 is 1.18 bits per heavy atom.